The molecule has 18 heteroatoms. The highest BCUT2D eigenvalue weighted by atomic mass is 19.2. The van der Waals surface area contributed by atoms with Crippen LogP contribution in [0.3, 0.4) is 0 Å². The van der Waals surface area contributed by atoms with E-state index in [1.807, 2.05) is 4.90 Å². The van der Waals surface area contributed by atoms with Crippen molar-refractivity contribution in [1.29, 1.82) is 0 Å². The molecule has 3 aromatic carbocycles. The molecule has 1 saturated heterocycles. The van der Waals surface area contributed by atoms with Crippen molar-refractivity contribution in [2.24, 2.45) is 0 Å². The lowest BCUT2D eigenvalue weighted by atomic mass is 10.1. The van der Waals surface area contributed by atoms with Crippen molar-refractivity contribution >= 4 is 35.4 Å². The SMILES string of the molecule is COC(=O)N1CCN(Cc2ccc(F)c(NC(=O)Nc3ccc(C)nc3)c2F)CC1.COC(=O)c1c(F)ccc(C)c1F.Cc1ccc(F)c(C(=O)O)c1F. The Kier molecular flexibility index (Phi) is 15.5. The fourth-order valence-electron chi connectivity index (χ4n) is 4.91. The van der Waals surface area contributed by atoms with Gasteiger partial charge in [0.15, 0.2) is 5.82 Å². The molecule has 55 heavy (non-hydrogen) atoms. The molecule has 1 aliphatic heterocycles. The number of halogens is 6. The molecule has 3 amide bonds. The Morgan fingerprint density at radius 1 is 0.709 bits per heavy atom. The van der Waals surface area contributed by atoms with Crippen LogP contribution >= 0.6 is 0 Å². The van der Waals surface area contributed by atoms with E-state index in [1.54, 1.807) is 24.0 Å². The number of carbonyl (C=O) groups is 4. The number of pyridine rings is 1. The van der Waals surface area contributed by atoms with Crippen LogP contribution in [0.5, 0.6) is 0 Å². The Labute approximate surface area is 311 Å². The summed E-state index contributed by atoms with van der Waals surface area (Å²) in [4.78, 5) is 52.5. The standard InChI is InChI=1S/C20H23F2N5O3.C9H8F2O2.C8H6F2O2/c1-13-3-5-15(11-23-13)24-19(28)25-18-16(21)6-4-14(17(18)22)12-26-7-9-27(10-8-26)20(29)30-2;1-5-3-4-6(10)7(8(5)11)9(12)13-2;1-4-2-3-5(9)6(7(4)10)8(11)12/h3-6,11H,7-10,12H2,1-2H3,(H2,24,25,28);3-4H,1-2H3;2-3H,1H3,(H,11,12). The quantitative estimate of drug-likeness (QED) is 0.136. The van der Waals surface area contributed by atoms with Crippen LogP contribution in [0.15, 0.2) is 54.7 Å². The van der Waals surface area contributed by atoms with Crippen molar-refractivity contribution in [1.82, 2.24) is 14.8 Å². The van der Waals surface area contributed by atoms with Crippen molar-refractivity contribution in [3.8, 4) is 0 Å². The number of carbonyl (C=O) groups excluding carboxylic acids is 3. The van der Waals surface area contributed by atoms with E-state index in [2.05, 4.69) is 20.4 Å². The van der Waals surface area contributed by atoms with Gasteiger partial charge in [-0.2, -0.15) is 0 Å². The van der Waals surface area contributed by atoms with Crippen LogP contribution in [0.2, 0.25) is 0 Å². The highest BCUT2D eigenvalue weighted by molar-refractivity contribution is 5.99. The number of methoxy groups -OCH3 is 2. The van der Waals surface area contributed by atoms with Crippen LogP contribution in [0, 0.1) is 55.7 Å². The van der Waals surface area contributed by atoms with E-state index >= 15 is 0 Å². The molecule has 0 bridgehead atoms. The summed E-state index contributed by atoms with van der Waals surface area (Å²) in [7, 11) is 2.40. The number of hydrogen-bond donors (Lipinski definition) is 3. The first kappa shape index (κ1) is 43.2. The van der Waals surface area contributed by atoms with Crippen molar-refractivity contribution in [3.63, 3.8) is 0 Å². The molecule has 12 nitrogen and oxygen atoms in total. The molecular weight excluding hydrogens is 740 g/mol. The number of anilines is 2. The first-order valence-electron chi connectivity index (χ1n) is 16.2. The van der Waals surface area contributed by atoms with Crippen LogP contribution in [-0.4, -0.2) is 84.4 Å². The molecule has 0 unspecified atom stereocenters. The summed E-state index contributed by atoms with van der Waals surface area (Å²) in [5.41, 5.74) is -0.293. The van der Waals surface area contributed by atoms with E-state index in [0.29, 0.717) is 31.9 Å². The average Bonchev–Trinajstić information content (AvgIpc) is 3.16. The molecular formula is C37H37F6N5O7. The van der Waals surface area contributed by atoms with Crippen molar-refractivity contribution in [2.45, 2.75) is 27.3 Å². The number of nitrogens with zero attached hydrogens (tertiary/aromatic N) is 3. The van der Waals surface area contributed by atoms with Crippen molar-refractivity contribution < 1.29 is 60.1 Å². The number of carboxylic acids is 1. The molecule has 1 aromatic heterocycles. The van der Waals surface area contributed by atoms with Gasteiger partial charge < -0.3 is 30.1 Å². The number of rotatable bonds is 6. The van der Waals surface area contributed by atoms with Crippen molar-refractivity contribution in [2.75, 3.05) is 51.0 Å². The summed E-state index contributed by atoms with van der Waals surface area (Å²) < 4.78 is 89.6. The van der Waals surface area contributed by atoms with E-state index in [4.69, 9.17) is 9.84 Å². The topological polar surface area (TPSA) is 150 Å². The second-order valence-electron chi connectivity index (χ2n) is 11.8. The number of carboxylic acid groups (broad SMARTS) is 1. The number of urea groups is 1. The van der Waals surface area contributed by atoms with Crippen LogP contribution in [-0.2, 0) is 16.0 Å². The van der Waals surface area contributed by atoms with Gasteiger partial charge in [0, 0.05) is 44.0 Å². The molecule has 0 saturated carbocycles. The van der Waals surface area contributed by atoms with Gasteiger partial charge in [-0.15, -0.1) is 0 Å². The highest BCUT2D eigenvalue weighted by Gasteiger charge is 2.24. The number of aromatic nitrogens is 1. The monoisotopic (exact) mass is 777 g/mol. The molecule has 0 radical (unpaired) electrons. The Morgan fingerprint density at radius 3 is 1.78 bits per heavy atom. The largest absolute Gasteiger partial charge is 0.477 e. The van der Waals surface area contributed by atoms with Gasteiger partial charge in [-0.25, -0.2) is 45.5 Å². The maximum atomic E-state index is 14.9. The number of amides is 3. The summed E-state index contributed by atoms with van der Waals surface area (Å²) in [6.07, 6.45) is 1.05. The maximum absolute atomic E-state index is 14.9. The highest BCUT2D eigenvalue weighted by Crippen LogP contribution is 2.24. The maximum Gasteiger partial charge on any atom is 0.409 e. The third kappa shape index (κ3) is 11.7. The number of nitrogens with one attached hydrogen (secondary N) is 2. The van der Waals surface area contributed by atoms with E-state index in [1.165, 1.54) is 45.4 Å². The number of benzene rings is 3. The van der Waals surface area contributed by atoms with Gasteiger partial charge in [-0.3, -0.25) is 9.88 Å². The van der Waals surface area contributed by atoms with Gasteiger partial charge in [0.1, 0.15) is 45.9 Å². The van der Waals surface area contributed by atoms with E-state index in [9.17, 15) is 45.5 Å². The lowest BCUT2D eigenvalue weighted by Gasteiger charge is -2.33. The van der Waals surface area contributed by atoms with E-state index < -0.39 is 75.8 Å². The van der Waals surface area contributed by atoms with Crippen LogP contribution < -0.4 is 10.6 Å². The molecule has 294 valence electrons. The number of aromatic carboxylic acids is 1. The van der Waals surface area contributed by atoms with Gasteiger partial charge >= 0.3 is 24.1 Å². The summed E-state index contributed by atoms with van der Waals surface area (Å²) >= 11 is 0. The molecule has 1 fully saturated rings. The summed E-state index contributed by atoms with van der Waals surface area (Å²) in [6.45, 7) is 6.80. The zero-order chi connectivity index (χ0) is 41.0. The third-order valence-corrected chi connectivity index (χ3v) is 7.95. The predicted octanol–water partition coefficient (Wildman–Crippen LogP) is 7.23. The van der Waals surface area contributed by atoms with Gasteiger partial charge in [-0.05, 0) is 62.2 Å². The molecule has 5 rings (SSSR count). The normalized spacial score (nSPS) is 12.3. The first-order chi connectivity index (χ1) is 26.0. The van der Waals surface area contributed by atoms with Gasteiger partial charge in [-0.1, -0.05) is 18.2 Å². The molecule has 1 aliphatic rings. The lowest BCUT2D eigenvalue weighted by molar-refractivity contribution is 0.0588. The number of esters is 1. The molecule has 3 N–H and O–H groups in total. The molecule has 0 aliphatic carbocycles. The summed E-state index contributed by atoms with van der Waals surface area (Å²) in [5.74, 6) is -8.13. The Balaban J connectivity index is 0.000000266. The zero-order valence-corrected chi connectivity index (χ0v) is 30.2. The van der Waals surface area contributed by atoms with Gasteiger partial charge in [0.05, 0.1) is 26.1 Å². The zero-order valence-electron chi connectivity index (χ0n) is 30.2. The number of ether oxygens (including phenoxy) is 2. The van der Waals surface area contributed by atoms with E-state index in [0.717, 1.165) is 31.0 Å². The molecule has 4 aromatic rings. The smallest absolute Gasteiger partial charge is 0.409 e. The van der Waals surface area contributed by atoms with E-state index in [-0.39, 0.29) is 23.2 Å². The summed E-state index contributed by atoms with van der Waals surface area (Å²) in [5, 5.41) is 13.1. The van der Waals surface area contributed by atoms with Crippen LogP contribution in [0.25, 0.3) is 0 Å². The minimum atomic E-state index is -1.59. The predicted molar refractivity (Wildman–Crippen MR) is 188 cm³/mol. The number of aryl methyl sites for hydroxylation is 3. The number of hydrogen-bond acceptors (Lipinski definition) is 8. The minimum Gasteiger partial charge on any atom is -0.477 e. The van der Waals surface area contributed by atoms with Crippen LogP contribution in [0.1, 0.15) is 43.1 Å². The number of piperazine rings is 1. The fraction of sp³-hybridized carbons (Fsp3) is 0.270. The molecule has 0 atom stereocenters. The van der Waals surface area contributed by atoms with Crippen LogP contribution in [0.4, 0.5) is 47.3 Å². The Morgan fingerprint density at radius 2 is 1.27 bits per heavy atom. The lowest BCUT2D eigenvalue weighted by Crippen LogP contribution is -2.48. The Bertz CT molecular complexity index is 2030. The minimum absolute atomic E-state index is 0.119. The van der Waals surface area contributed by atoms with Gasteiger partial charge in [0.25, 0.3) is 0 Å². The first-order valence-corrected chi connectivity index (χ1v) is 16.2. The third-order valence-electron chi connectivity index (χ3n) is 7.95. The molecule has 2 heterocycles. The molecule has 0 spiro atoms. The second-order valence-corrected chi connectivity index (χ2v) is 11.8. The average molecular weight is 778 g/mol. The van der Waals surface area contributed by atoms with Gasteiger partial charge in [0.2, 0.25) is 0 Å². The van der Waals surface area contributed by atoms with Crippen molar-refractivity contribution in [3.05, 3.63) is 123 Å². The fourth-order valence-corrected chi connectivity index (χ4v) is 4.91. The Hall–Kier alpha value is -6.17. The summed E-state index contributed by atoms with van der Waals surface area (Å²) in [6, 6.07) is 9.45. The second kappa shape index (κ2) is 19.8.